The van der Waals surface area contributed by atoms with Crippen molar-refractivity contribution < 1.29 is 0 Å². The van der Waals surface area contributed by atoms with Crippen molar-refractivity contribution in [2.75, 3.05) is 5.73 Å². The fourth-order valence-electron chi connectivity index (χ4n) is 1.46. The van der Waals surface area contributed by atoms with Gasteiger partial charge in [0.05, 0.1) is 5.69 Å². The van der Waals surface area contributed by atoms with Crippen molar-refractivity contribution >= 4 is 5.95 Å². The lowest BCUT2D eigenvalue weighted by Crippen LogP contribution is -1.98. The summed E-state index contributed by atoms with van der Waals surface area (Å²) in [6.07, 6.45) is 0. The molecule has 2 aromatic rings. The molecule has 0 aliphatic carbocycles. The van der Waals surface area contributed by atoms with E-state index in [1.165, 1.54) is 5.56 Å². The van der Waals surface area contributed by atoms with Gasteiger partial charge in [0.25, 0.3) is 0 Å². The molecule has 0 saturated heterocycles. The molecule has 0 aliphatic heterocycles. The van der Waals surface area contributed by atoms with E-state index >= 15 is 0 Å². The Hall–Kier alpha value is -1.90. The largest absolute Gasteiger partial charge is 0.368 e. The number of aryl methyl sites for hydroxylation is 2. The molecule has 0 saturated carbocycles. The smallest absolute Gasteiger partial charge is 0.220 e. The fraction of sp³-hybridized carbons (Fsp3) is 0.167. The zero-order valence-corrected chi connectivity index (χ0v) is 8.86. The van der Waals surface area contributed by atoms with Crippen LogP contribution in [0.25, 0.3) is 11.3 Å². The van der Waals surface area contributed by atoms with Gasteiger partial charge in [-0.1, -0.05) is 29.8 Å². The quantitative estimate of drug-likeness (QED) is 0.767. The first-order valence-corrected chi connectivity index (χ1v) is 4.83. The Labute approximate surface area is 89.0 Å². The molecule has 2 rings (SSSR count). The standard InChI is InChI=1S/C12H13N3/c1-8-3-5-10(6-4-8)11-7-9(2)14-12(13)15-11/h3-7H,1-2H3,(H2,13,14,15). The minimum atomic E-state index is 0.325. The van der Waals surface area contributed by atoms with Crippen LogP contribution in [0.2, 0.25) is 0 Å². The summed E-state index contributed by atoms with van der Waals surface area (Å²) in [5.41, 5.74) is 9.67. The number of anilines is 1. The minimum absolute atomic E-state index is 0.325. The Balaban J connectivity index is 2.49. The second-order valence-corrected chi connectivity index (χ2v) is 3.62. The first kappa shape index (κ1) is 9.65. The van der Waals surface area contributed by atoms with Crippen molar-refractivity contribution in [2.45, 2.75) is 13.8 Å². The lowest BCUT2D eigenvalue weighted by atomic mass is 10.1. The van der Waals surface area contributed by atoms with Crippen LogP contribution in [-0.2, 0) is 0 Å². The second kappa shape index (κ2) is 3.69. The van der Waals surface area contributed by atoms with Crippen LogP contribution in [-0.4, -0.2) is 9.97 Å². The van der Waals surface area contributed by atoms with Gasteiger partial charge in [-0.15, -0.1) is 0 Å². The van der Waals surface area contributed by atoms with Crippen molar-refractivity contribution in [2.24, 2.45) is 0 Å². The molecule has 1 aromatic heterocycles. The zero-order valence-electron chi connectivity index (χ0n) is 8.86. The SMILES string of the molecule is Cc1ccc(-c2cc(C)nc(N)n2)cc1. The fourth-order valence-corrected chi connectivity index (χ4v) is 1.46. The van der Waals surface area contributed by atoms with Crippen LogP contribution < -0.4 is 5.73 Å². The monoisotopic (exact) mass is 199 g/mol. The van der Waals surface area contributed by atoms with E-state index in [0.29, 0.717) is 5.95 Å². The van der Waals surface area contributed by atoms with Crippen molar-refractivity contribution in [3.05, 3.63) is 41.6 Å². The summed E-state index contributed by atoms with van der Waals surface area (Å²) in [5, 5.41) is 0. The number of hydrogen-bond donors (Lipinski definition) is 1. The van der Waals surface area contributed by atoms with E-state index in [0.717, 1.165) is 17.0 Å². The molecule has 0 radical (unpaired) electrons. The average molecular weight is 199 g/mol. The molecular weight excluding hydrogens is 186 g/mol. The van der Waals surface area contributed by atoms with Crippen LogP contribution in [0.5, 0.6) is 0 Å². The number of rotatable bonds is 1. The van der Waals surface area contributed by atoms with Crippen molar-refractivity contribution in [1.29, 1.82) is 0 Å². The molecule has 0 unspecified atom stereocenters. The maximum Gasteiger partial charge on any atom is 0.220 e. The lowest BCUT2D eigenvalue weighted by molar-refractivity contribution is 1.12. The van der Waals surface area contributed by atoms with Crippen molar-refractivity contribution in [3.63, 3.8) is 0 Å². The number of benzene rings is 1. The normalized spacial score (nSPS) is 10.3. The first-order valence-electron chi connectivity index (χ1n) is 4.83. The second-order valence-electron chi connectivity index (χ2n) is 3.62. The van der Waals surface area contributed by atoms with Crippen LogP contribution in [0, 0.1) is 13.8 Å². The molecule has 0 fully saturated rings. The molecule has 3 heteroatoms. The summed E-state index contributed by atoms with van der Waals surface area (Å²) in [6, 6.07) is 10.1. The topological polar surface area (TPSA) is 51.8 Å². The molecular formula is C12H13N3. The highest BCUT2D eigenvalue weighted by Crippen LogP contribution is 2.18. The van der Waals surface area contributed by atoms with E-state index in [1.807, 2.05) is 25.1 Å². The number of nitrogens with two attached hydrogens (primary N) is 1. The van der Waals surface area contributed by atoms with E-state index < -0.39 is 0 Å². The summed E-state index contributed by atoms with van der Waals surface area (Å²) in [6.45, 7) is 3.97. The summed E-state index contributed by atoms with van der Waals surface area (Å²) in [7, 11) is 0. The lowest BCUT2D eigenvalue weighted by Gasteiger charge is -2.03. The van der Waals surface area contributed by atoms with Gasteiger partial charge in [-0.2, -0.15) is 0 Å². The van der Waals surface area contributed by atoms with Gasteiger partial charge in [0.15, 0.2) is 0 Å². The summed E-state index contributed by atoms with van der Waals surface area (Å²) in [5.74, 6) is 0.325. The van der Waals surface area contributed by atoms with Crippen molar-refractivity contribution in [1.82, 2.24) is 9.97 Å². The third-order valence-corrected chi connectivity index (χ3v) is 2.22. The van der Waals surface area contributed by atoms with E-state index in [4.69, 9.17) is 5.73 Å². The highest BCUT2D eigenvalue weighted by molar-refractivity contribution is 5.60. The number of aromatic nitrogens is 2. The molecule has 1 aromatic carbocycles. The molecule has 0 aliphatic rings. The van der Waals surface area contributed by atoms with Gasteiger partial charge in [0.2, 0.25) is 5.95 Å². The molecule has 15 heavy (non-hydrogen) atoms. The predicted molar refractivity (Wildman–Crippen MR) is 61.4 cm³/mol. The summed E-state index contributed by atoms with van der Waals surface area (Å²) in [4.78, 5) is 8.24. The molecule has 2 N–H and O–H groups in total. The highest BCUT2D eigenvalue weighted by atomic mass is 15.0. The average Bonchev–Trinajstić information content (AvgIpc) is 2.17. The van der Waals surface area contributed by atoms with Crippen LogP contribution >= 0.6 is 0 Å². The Morgan fingerprint density at radius 1 is 1.00 bits per heavy atom. The zero-order chi connectivity index (χ0) is 10.8. The number of nitrogen functional groups attached to an aromatic ring is 1. The molecule has 0 atom stereocenters. The van der Waals surface area contributed by atoms with Gasteiger partial charge in [0.1, 0.15) is 0 Å². The number of nitrogens with zero attached hydrogens (tertiary/aromatic N) is 2. The van der Waals surface area contributed by atoms with E-state index in [2.05, 4.69) is 29.0 Å². The van der Waals surface area contributed by atoms with Gasteiger partial charge < -0.3 is 5.73 Å². The van der Waals surface area contributed by atoms with Gasteiger partial charge in [-0.25, -0.2) is 9.97 Å². The minimum Gasteiger partial charge on any atom is -0.368 e. The maximum atomic E-state index is 5.60. The van der Waals surface area contributed by atoms with E-state index in [9.17, 15) is 0 Å². The third kappa shape index (κ3) is 2.13. The molecule has 3 nitrogen and oxygen atoms in total. The molecule has 76 valence electrons. The van der Waals surface area contributed by atoms with E-state index in [-0.39, 0.29) is 0 Å². The van der Waals surface area contributed by atoms with Gasteiger partial charge >= 0.3 is 0 Å². The van der Waals surface area contributed by atoms with Crippen LogP contribution in [0.1, 0.15) is 11.3 Å². The predicted octanol–water partition coefficient (Wildman–Crippen LogP) is 2.34. The Kier molecular flexibility index (Phi) is 2.37. The van der Waals surface area contributed by atoms with Gasteiger partial charge in [-0.05, 0) is 19.9 Å². The summed E-state index contributed by atoms with van der Waals surface area (Å²) < 4.78 is 0. The van der Waals surface area contributed by atoms with E-state index in [1.54, 1.807) is 0 Å². The number of hydrogen-bond acceptors (Lipinski definition) is 3. The molecule has 0 bridgehead atoms. The van der Waals surface area contributed by atoms with Crippen molar-refractivity contribution in [3.8, 4) is 11.3 Å². The molecule has 1 heterocycles. The Morgan fingerprint density at radius 2 is 1.67 bits per heavy atom. The highest BCUT2D eigenvalue weighted by Gasteiger charge is 2.01. The van der Waals surface area contributed by atoms with Gasteiger partial charge in [-0.3, -0.25) is 0 Å². The summed E-state index contributed by atoms with van der Waals surface area (Å²) >= 11 is 0. The Morgan fingerprint density at radius 3 is 2.27 bits per heavy atom. The van der Waals surface area contributed by atoms with Crippen LogP contribution in [0.4, 0.5) is 5.95 Å². The molecule has 0 spiro atoms. The Bertz CT molecular complexity index is 454. The first-order chi connectivity index (χ1) is 7.15. The van der Waals surface area contributed by atoms with Crippen LogP contribution in [0.3, 0.4) is 0 Å². The van der Waals surface area contributed by atoms with Gasteiger partial charge in [0, 0.05) is 11.3 Å². The maximum absolute atomic E-state index is 5.60. The van der Waals surface area contributed by atoms with Crippen LogP contribution in [0.15, 0.2) is 30.3 Å². The third-order valence-electron chi connectivity index (χ3n) is 2.22. The molecule has 0 amide bonds.